The molecule has 248 valence electrons. The van der Waals surface area contributed by atoms with Gasteiger partial charge >= 0.3 is 6.03 Å². The number of nitrogens with one attached hydrogen (secondary N) is 2. The summed E-state index contributed by atoms with van der Waals surface area (Å²) >= 11 is 5.85. The lowest BCUT2D eigenvalue weighted by Gasteiger charge is -2.50. The molecule has 1 fully saturated rings. The van der Waals surface area contributed by atoms with Crippen LogP contribution >= 0.6 is 11.6 Å². The number of nitrogens with two attached hydrogens (primary N) is 1. The van der Waals surface area contributed by atoms with E-state index in [0.29, 0.717) is 11.3 Å². The number of halogens is 1. The molecular weight excluding hydrogens is 640 g/mol. The summed E-state index contributed by atoms with van der Waals surface area (Å²) in [7, 11) is 6.33. The number of phenols is 1. The summed E-state index contributed by atoms with van der Waals surface area (Å²) in [6.45, 7) is 0. The van der Waals surface area contributed by atoms with E-state index in [1.807, 2.05) is 0 Å². The predicted molar refractivity (Wildman–Crippen MR) is 169 cm³/mol. The normalized spacial score (nSPS) is 23.6. The minimum Gasteiger partial charge on any atom is -0.508 e. The Kier molecular flexibility index (Phi) is 8.16. The van der Waals surface area contributed by atoms with Crippen molar-refractivity contribution in [2.24, 2.45) is 17.6 Å². The van der Waals surface area contributed by atoms with Crippen molar-refractivity contribution in [2.45, 2.75) is 24.5 Å². The molecule has 2 aromatic rings. The van der Waals surface area contributed by atoms with E-state index in [-0.39, 0.29) is 40.4 Å². The van der Waals surface area contributed by atoms with Crippen LogP contribution in [0.15, 0.2) is 41.2 Å². The fourth-order valence-electron chi connectivity index (χ4n) is 6.82. The number of rotatable bonds is 6. The maximum atomic E-state index is 14.1. The van der Waals surface area contributed by atoms with Crippen molar-refractivity contribution >= 4 is 63.6 Å². The highest BCUT2D eigenvalue weighted by molar-refractivity contribution is 6.31. The van der Waals surface area contributed by atoms with E-state index < -0.39 is 80.4 Å². The number of Topliss-reactive ketones (excluding diaryl/α,β-unsaturated/α-hetero) is 2. The number of carbonyl (C=O) groups is 4. The van der Waals surface area contributed by atoms with Crippen LogP contribution in [-0.2, 0) is 20.8 Å². The summed E-state index contributed by atoms with van der Waals surface area (Å²) in [5, 5.41) is 62.1. The smallest absolute Gasteiger partial charge is 0.323 e. The molecule has 8 N–H and O–H groups in total. The average molecular weight is 671 g/mol. The molecule has 16 nitrogen and oxygen atoms in total. The maximum Gasteiger partial charge on any atom is 0.323 e. The second-order valence-electron chi connectivity index (χ2n) is 12.0. The number of benzene rings is 2. The van der Waals surface area contributed by atoms with Gasteiger partial charge in [-0.25, -0.2) is 4.79 Å². The van der Waals surface area contributed by atoms with Gasteiger partial charge in [-0.1, -0.05) is 11.6 Å². The second-order valence-corrected chi connectivity index (χ2v) is 12.4. The number of hydrogen-bond donors (Lipinski definition) is 7. The van der Waals surface area contributed by atoms with Crippen LogP contribution in [0.4, 0.5) is 27.5 Å². The van der Waals surface area contributed by atoms with Crippen molar-refractivity contribution in [3.8, 4) is 5.75 Å². The van der Waals surface area contributed by atoms with Gasteiger partial charge in [0.15, 0.2) is 17.1 Å². The minimum absolute atomic E-state index is 0.0268. The van der Waals surface area contributed by atoms with Crippen LogP contribution in [0, 0.1) is 22.0 Å². The van der Waals surface area contributed by atoms with Gasteiger partial charge in [0.25, 0.3) is 11.6 Å². The molecule has 1 saturated carbocycles. The molecule has 0 aromatic heterocycles. The molecule has 47 heavy (non-hydrogen) atoms. The molecule has 3 aliphatic rings. The largest absolute Gasteiger partial charge is 0.508 e. The summed E-state index contributed by atoms with van der Waals surface area (Å²) < 4.78 is 0. The van der Waals surface area contributed by atoms with E-state index >= 15 is 0 Å². The van der Waals surface area contributed by atoms with E-state index in [9.17, 15) is 49.7 Å². The lowest BCUT2D eigenvalue weighted by Crippen LogP contribution is -2.65. The Hall–Kier alpha value is -5.19. The van der Waals surface area contributed by atoms with Gasteiger partial charge in [0.2, 0.25) is 5.78 Å². The van der Waals surface area contributed by atoms with Gasteiger partial charge in [-0.2, -0.15) is 0 Å². The van der Waals surface area contributed by atoms with Crippen molar-refractivity contribution in [2.75, 3.05) is 43.7 Å². The van der Waals surface area contributed by atoms with Crippen LogP contribution in [0.2, 0.25) is 5.02 Å². The fourth-order valence-corrected chi connectivity index (χ4v) is 6.99. The Morgan fingerprint density at radius 1 is 1.09 bits per heavy atom. The standard InChI is InChI=1S/C30H31ClN6O10/c1-35(2)17-10-16(34-29(44)33-15-6-5-12(31)9-18(15)37(46)47)23(38)20-13(17)7-11-8-14-22(36(3)4)25(40)21(28(32)43)27(42)30(14,45)26(41)19(11)24(20)39/h5-6,9-11,14,22,38-39,42,45H,7-8H2,1-4H3,(H2,32,43)(H2,33,34,44). The van der Waals surface area contributed by atoms with Crippen LogP contribution in [0.5, 0.6) is 5.75 Å². The number of phenolic OH excluding ortho intramolecular Hbond substituents is 1. The summed E-state index contributed by atoms with van der Waals surface area (Å²) in [6, 6.07) is 2.76. The fraction of sp³-hybridized carbons (Fsp3) is 0.333. The lowest BCUT2D eigenvalue weighted by atomic mass is 9.57. The number of ketones is 2. The Labute approximate surface area is 271 Å². The molecule has 2 aromatic carbocycles. The monoisotopic (exact) mass is 670 g/mol. The van der Waals surface area contributed by atoms with Crippen LogP contribution in [-0.4, -0.2) is 93.6 Å². The van der Waals surface area contributed by atoms with Crippen molar-refractivity contribution in [1.82, 2.24) is 4.90 Å². The number of likely N-dealkylation sites (N-methyl/N-ethyl adjacent to an activating group) is 1. The van der Waals surface area contributed by atoms with Gasteiger partial charge < -0.3 is 41.7 Å². The molecule has 3 aliphatic carbocycles. The number of primary amides is 1. The van der Waals surface area contributed by atoms with E-state index in [1.54, 1.807) is 19.0 Å². The Morgan fingerprint density at radius 3 is 2.30 bits per heavy atom. The molecule has 4 unspecified atom stereocenters. The molecule has 0 bridgehead atoms. The Bertz CT molecular complexity index is 1850. The number of aromatic hydroxyl groups is 1. The number of amides is 3. The second kappa shape index (κ2) is 11.6. The SMILES string of the molecule is CN(C)c1cc(NC(=O)Nc2ccc(Cl)cc2[N+](=O)[O-])c(O)c2c1CC1CC3C(N(C)C)C(=O)C(C(N)=O)=C(O)C3(O)C(=O)C1=C2O. The van der Waals surface area contributed by atoms with Crippen LogP contribution in [0.25, 0.3) is 5.76 Å². The molecule has 4 atom stereocenters. The first-order valence-corrected chi connectivity index (χ1v) is 14.5. The van der Waals surface area contributed by atoms with Crippen LogP contribution in [0.1, 0.15) is 17.5 Å². The third kappa shape index (κ3) is 5.10. The number of aliphatic hydroxyl groups excluding tert-OH is 2. The quantitative estimate of drug-likeness (QED) is 0.101. The van der Waals surface area contributed by atoms with Gasteiger partial charge in [0.05, 0.1) is 22.2 Å². The molecule has 3 amide bonds. The van der Waals surface area contributed by atoms with Gasteiger partial charge in [0, 0.05) is 42.4 Å². The molecule has 17 heteroatoms. The summed E-state index contributed by atoms with van der Waals surface area (Å²) in [6.07, 6.45) is -0.0687. The Morgan fingerprint density at radius 2 is 1.72 bits per heavy atom. The summed E-state index contributed by atoms with van der Waals surface area (Å²) in [4.78, 5) is 66.3. The number of anilines is 3. The highest BCUT2D eigenvalue weighted by atomic mass is 35.5. The predicted octanol–water partition coefficient (Wildman–Crippen LogP) is 2.24. The number of nitrogens with zero attached hydrogens (tertiary/aromatic N) is 3. The zero-order valence-corrected chi connectivity index (χ0v) is 26.2. The summed E-state index contributed by atoms with van der Waals surface area (Å²) in [5.74, 6) is -8.06. The van der Waals surface area contributed by atoms with E-state index in [4.69, 9.17) is 17.3 Å². The number of carbonyl (C=O) groups excluding carboxylic acids is 4. The molecule has 0 heterocycles. The zero-order chi connectivity index (χ0) is 34.9. The van der Waals surface area contributed by atoms with Crippen LogP contribution < -0.4 is 21.3 Å². The molecule has 5 rings (SSSR count). The lowest BCUT2D eigenvalue weighted by molar-refractivity contribution is -0.383. The van der Waals surface area contributed by atoms with Crippen molar-refractivity contribution in [1.29, 1.82) is 0 Å². The number of aliphatic hydroxyl groups is 3. The maximum absolute atomic E-state index is 14.1. The third-order valence-corrected chi connectivity index (χ3v) is 9.07. The number of nitro groups is 1. The van der Waals surface area contributed by atoms with Gasteiger partial charge in [-0.3, -0.25) is 29.4 Å². The highest BCUT2D eigenvalue weighted by Gasteiger charge is 2.64. The molecule has 0 aliphatic heterocycles. The first-order chi connectivity index (χ1) is 21.9. The van der Waals surface area contributed by atoms with Gasteiger partial charge in [-0.05, 0) is 56.6 Å². The highest BCUT2D eigenvalue weighted by Crippen LogP contribution is 2.54. The van der Waals surface area contributed by atoms with Gasteiger partial charge in [0.1, 0.15) is 22.8 Å². The van der Waals surface area contributed by atoms with E-state index in [2.05, 4.69) is 10.6 Å². The van der Waals surface area contributed by atoms with E-state index in [1.165, 1.54) is 37.2 Å². The molecule has 0 spiro atoms. The first-order valence-electron chi connectivity index (χ1n) is 14.1. The van der Waals surface area contributed by atoms with Crippen molar-refractivity contribution in [3.05, 3.63) is 67.4 Å². The van der Waals surface area contributed by atoms with Crippen molar-refractivity contribution < 1.29 is 44.5 Å². The van der Waals surface area contributed by atoms with Crippen LogP contribution in [0.3, 0.4) is 0 Å². The number of hydrogen-bond acceptors (Lipinski definition) is 12. The third-order valence-electron chi connectivity index (χ3n) is 8.83. The topological polar surface area (TPSA) is 249 Å². The minimum atomic E-state index is -2.81. The van der Waals surface area contributed by atoms with E-state index in [0.717, 1.165) is 6.07 Å². The first kappa shape index (κ1) is 33.2. The zero-order valence-electron chi connectivity index (χ0n) is 25.5. The number of urea groups is 1. The average Bonchev–Trinajstić information content (AvgIpc) is 2.96. The van der Waals surface area contributed by atoms with Crippen molar-refractivity contribution in [3.63, 3.8) is 0 Å². The molecular formula is C30H31ClN6O10. The summed E-state index contributed by atoms with van der Waals surface area (Å²) in [5.41, 5.74) is 0.851. The molecule has 0 saturated heterocycles. The number of fused-ring (bicyclic) bond motifs is 3. The number of nitro benzene ring substituents is 1. The van der Waals surface area contributed by atoms with Gasteiger partial charge in [-0.15, -0.1) is 0 Å². The molecule has 0 radical (unpaired) electrons. The Balaban J connectivity index is 1.62.